The highest BCUT2D eigenvalue weighted by atomic mass is 79.9. The molecule has 0 bridgehead atoms. The molecule has 0 radical (unpaired) electrons. The molecule has 2 aromatic carbocycles. The van der Waals surface area contributed by atoms with E-state index in [0.29, 0.717) is 49.9 Å². The summed E-state index contributed by atoms with van der Waals surface area (Å²) in [4.78, 5) is 20.5. The minimum atomic E-state index is -0.351. The van der Waals surface area contributed by atoms with E-state index in [2.05, 4.69) is 15.9 Å². The van der Waals surface area contributed by atoms with Gasteiger partial charge in [-0.2, -0.15) is 0 Å². The highest BCUT2D eigenvalue weighted by Crippen LogP contribution is 2.12. The van der Waals surface area contributed by atoms with Crippen molar-refractivity contribution in [1.82, 2.24) is 0 Å². The van der Waals surface area contributed by atoms with Crippen LogP contribution in [0.3, 0.4) is 0 Å². The molecular formula is C26H37BrO8. The first-order valence-electron chi connectivity index (χ1n) is 11.4. The SMILES string of the molecule is CCOC(CBr)OCC.CCOC(COc1ccc(C=O)cc1)OCC.O=Cc1ccc(O)cc1. The minimum absolute atomic E-state index is 0.0694. The Labute approximate surface area is 216 Å². The Balaban J connectivity index is 0.000000543. The third-order valence-corrected chi connectivity index (χ3v) is 4.50. The van der Waals surface area contributed by atoms with Crippen LogP contribution in [0.25, 0.3) is 0 Å². The number of phenols is 1. The lowest BCUT2D eigenvalue weighted by Gasteiger charge is -2.17. The van der Waals surface area contributed by atoms with E-state index in [1.165, 1.54) is 12.1 Å². The Hall–Kier alpha value is -2.30. The molecule has 0 aliphatic heterocycles. The van der Waals surface area contributed by atoms with E-state index in [9.17, 15) is 9.59 Å². The molecule has 9 heteroatoms. The average Bonchev–Trinajstić information content (AvgIpc) is 2.89. The van der Waals surface area contributed by atoms with Gasteiger partial charge in [-0.3, -0.25) is 9.59 Å². The fourth-order valence-electron chi connectivity index (χ4n) is 2.38. The van der Waals surface area contributed by atoms with Crippen LogP contribution in [-0.4, -0.2) is 68.6 Å². The van der Waals surface area contributed by atoms with E-state index in [4.69, 9.17) is 28.8 Å². The number of aromatic hydroxyl groups is 1. The van der Waals surface area contributed by atoms with Gasteiger partial charge in [-0.05, 0) is 76.2 Å². The molecule has 0 amide bonds. The standard InChI is InChI=1S/C13H18O4.C7H6O2.C6H13BrO2/c1-3-15-13(16-4-2)10-17-12-7-5-11(9-14)6-8-12;8-5-6-1-3-7(9)4-2-6;1-3-8-6(5-7)9-4-2/h5-9,13H,3-4,10H2,1-2H3;1-5,9H;6H,3-5H2,1-2H3. The molecule has 0 saturated carbocycles. The second kappa shape index (κ2) is 22.2. The monoisotopic (exact) mass is 556 g/mol. The van der Waals surface area contributed by atoms with Gasteiger partial charge in [-0.25, -0.2) is 0 Å². The predicted molar refractivity (Wildman–Crippen MR) is 139 cm³/mol. The zero-order valence-corrected chi connectivity index (χ0v) is 22.4. The van der Waals surface area contributed by atoms with Crippen molar-refractivity contribution in [3.63, 3.8) is 0 Å². The van der Waals surface area contributed by atoms with Crippen molar-refractivity contribution in [3.05, 3.63) is 59.7 Å². The van der Waals surface area contributed by atoms with Crippen molar-refractivity contribution in [3.8, 4) is 11.5 Å². The number of aldehydes is 2. The van der Waals surface area contributed by atoms with E-state index in [1.54, 1.807) is 36.4 Å². The molecule has 1 N–H and O–H groups in total. The normalized spacial score (nSPS) is 10.1. The summed E-state index contributed by atoms with van der Waals surface area (Å²) in [5, 5.41) is 9.48. The third-order valence-electron chi connectivity index (χ3n) is 3.97. The second-order valence-electron chi connectivity index (χ2n) is 6.54. The molecule has 0 spiro atoms. The van der Waals surface area contributed by atoms with Gasteiger partial charge in [0.05, 0.1) is 5.33 Å². The summed E-state index contributed by atoms with van der Waals surface area (Å²) in [6.07, 6.45) is 1.11. The van der Waals surface area contributed by atoms with Crippen LogP contribution in [0.4, 0.5) is 0 Å². The summed E-state index contributed by atoms with van der Waals surface area (Å²) in [5.74, 6) is 0.876. The fourth-order valence-corrected chi connectivity index (χ4v) is 2.76. The highest BCUT2D eigenvalue weighted by Gasteiger charge is 2.08. The molecule has 0 unspecified atom stereocenters. The molecule has 0 aromatic heterocycles. The van der Waals surface area contributed by atoms with E-state index in [1.807, 2.05) is 27.7 Å². The third kappa shape index (κ3) is 16.9. The summed E-state index contributed by atoms with van der Waals surface area (Å²) in [7, 11) is 0. The Morgan fingerprint density at radius 1 is 0.714 bits per heavy atom. The molecule has 0 saturated heterocycles. The highest BCUT2D eigenvalue weighted by molar-refractivity contribution is 9.09. The number of phenolic OH excluding ortho intramolecular Hbond substituents is 1. The zero-order chi connectivity index (χ0) is 26.3. The summed E-state index contributed by atoms with van der Waals surface area (Å²) in [6, 6.07) is 13.0. The molecule has 0 aliphatic carbocycles. The lowest BCUT2D eigenvalue weighted by Crippen LogP contribution is -2.25. The van der Waals surface area contributed by atoms with Crippen LogP contribution in [-0.2, 0) is 18.9 Å². The lowest BCUT2D eigenvalue weighted by molar-refractivity contribution is -0.152. The van der Waals surface area contributed by atoms with Crippen LogP contribution < -0.4 is 4.74 Å². The summed E-state index contributed by atoms with van der Waals surface area (Å²) in [6.45, 7) is 10.6. The number of rotatable bonds is 14. The maximum Gasteiger partial charge on any atom is 0.191 e. The number of carbonyl (C=O) groups excluding carboxylic acids is 2. The Morgan fingerprint density at radius 2 is 1.11 bits per heavy atom. The predicted octanol–water partition coefficient (Wildman–Crippen LogP) is 5.26. The van der Waals surface area contributed by atoms with Crippen molar-refractivity contribution >= 4 is 28.5 Å². The van der Waals surface area contributed by atoms with Crippen molar-refractivity contribution < 1.29 is 38.4 Å². The van der Waals surface area contributed by atoms with Crippen LogP contribution in [0.15, 0.2) is 48.5 Å². The van der Waals surface area contributed by atoms with E-state index >= 15 is 0 Å². The van der Waals surface area contributed by atoms with Crippen molar-refractivity contribution in [2.75, 3.05) is 38.4 Å². The van der Waals surface area contributed by atoms with Gasteiger partial charge in [0.2, 0.25) is 0 Å². The molecule has 35 heavy (non-hydrogen) atoms. The molecule has 196 valence electrons. The van der Waals surface area contributed by atoms with Crippen molar-refractivity contribution in [2.24, 2.45) is 0 Å². The van der Waals surface area contributed by atoms with Crippen LogP contribution >= 0.6 is 15.9 Å². The van der Waals surface area contributed by atoms with Crippen molar-refractivity contribution in [2.45, 2.75) is 40.3 Å². The quantitative estimate of drug-likeness (QED) is 0.191. The van der Waals surface area contributed by atoms with E-state index in [0.717, 1.165) is 17.9 Å². The second-order valence-corrected chi connectivity index (χ2v) is 7.19. The van der Waals surface area contributed by atoms with Crippen LogP contribution in [0.2, 0.25) is 0 Å². The molecule has 0 aliphatic rings. The number of carbonyl (C=O) groups is 2. The molecule has 0 atom stereocenters. The number of ether oxygens (including phenoxy) is 5. The van der Waals surface area contributed by atoms with Gasteiger partial charge in [0.1, 0.15) is 30.7 Å². The molecule has 2 rings (SSSR count). The van der Waals surface area contributed by atoms with Gasteiger partial charge in [0, 0.05) is 37.6 Å². The Bertz CT molecular complexity index is 756. The van der Waals surface area contributed by atoms with Gasteiger partial charge in [-0.15, -0.1) is 0 Å². The summed E-state index contributed by atoms with van der Waals surface area (Å²) >= 11 is 3.27. The average molecular weight is 557 g/mol. The van der Waals surface area contributed by atoms with Crippen LogP contribution in [0, 0.1) is 0 Å². The van der Waals surface area contributed by atoms with E-state index in [-0.39, 0.29) is 18.3 Å². The summed E-state index contributed by atoms with van der Waals surface area (Å²) in [5.41, 5.74) is 1.20. The van der Waals surface area contributed by atoms with Gasteiger partial charge in [0.25, 0.3) is 0 Å². The number of benzene rings is 2. The Morgan fingerprint density at radius 3 is 1.49 bits per heavy atom. The molecule has 0 fully saturated rings. The molecule has 8 nitrogen and oxygen atoms in total. The topological polar surface area (TPSA) is 101 Å². The largest absolute Gasteiger partial charge is 0.508 e. The van der Waals surface area contributed by atoms with Gasteiger partial charge in [0.15, 0.2) is 12.6 Å². The van der Waals surface area contributed by atoms with Gasteiger partial charge >= 0.3 is 0 Å². The summed E-state index contributed by atoms with van der Waals surface area (Å²) < 4.78 is 26.5. The number of hydrogen-bond acceptors (Lipinski definition) is 8. The Kier molecular flexibility index (Phi) is 20.7. The molecule has 2 aromatic rings. The number of alkyl halides is 1. The van der Waals surface area contributed by atoms with Crippen molar-refractivity contribution in [1.29, 1.82) is 0 Å². The smallest absolute Gasteiger partial charge is 0.191 e. The van der Waals surface area contributed by atoms with E-state index < -0.39 is 0 Å². The first kappa shape index (κ1) is 32.7. The maximum atomic E-state index is 10.5. The van der Waals surface area contributed by atoms with Gasteiger partial charge in [-0.1, -0.05) is 15.9 Å². The number of hydrogen-bond donors (Lipinski definition) is 1. The lowest BCUT2D eigenvalue weighted by atomic mass is 10.2. The molecular weight excluding hydrogens is 520 g/mol. The number of halogens is 1. The zero-order valence-electron chi connectivity index (χ0n) is 20.9. The molecule has 0 heterocycles. The van der Waals surface area contributed by atoms with Gasteiger partial charge < -0.3 is 28.8 Å². The fraction of sp³-hybridized carbons (Fsp3) is 0.462. The first-order chi connectivity index (χ1) is 17.0. The minimum Gasteiger partial charge on any atom is -0.508 e. The maximum absolute atomic E-state index is 10.5. The first-order valence-corrected chi connectivity index (χ1v) is 12.5. The van der Waals surface area contributed by atoms with Crippen LogP contribution in [0.1, 0.15) is 48.4 Å². The van der Waals surface area contributed by atoms with Crippen LogP contribution in [0.5, 0.6) is 11.5 Å².